The van der Waals surface area contributed by atoms with Crippen molar-refractivity contribution in [2.45, 2.75) is 5.75 Å². The number of sulfone groups is 1. The molecule has 8 heterocycles. The fourth-order valence-electron chi connectivity index (χ4n) is 8.11. The van der Waals surface area contributed by atoms with Crippen LogP contribution in [-0.4, -0.2) is 82.6 Å². The van der Waals surface area contributed by atoms with E-state index < -0.39 is 30.5 Å². The van der Waals surface area contributed by atoms with E-state index in [4.69, 9.17) is 15.2 Å². The minimum absolute atomic E-state index is 0.168. The largest absolute Gasteiger partial charge is 0.496 e. The number of halogens is 3. The first-order chi connectivity index (χ1) is 32.8. The second-order valence-corrected chi connectivity index (χ2v) is 21.1. The molecule has 0 amide bonds. The molecule has 2 N–H and O–H groups in total. The number of rotatable bonds is 8. The average molecular weight is 991 g/mol. The second kappa shape index (κ2) is 19.2. The van der Waals surface area contributed by atoms with Crippen LogP contribution in [0.3, 0.4) is 0 Å². The number of nitrogens with two attached hydrogens (primary N) is 1. The Bertz CT molecular complexity index is 3810. The Kier molecular flexibility index (Phi) is 13.3. The Morgan fingerprint density at radius 1 is 0.609 bits per heavy atom. The molecule has 69 heavy (non-hydrogen) atoms. The topological polar surface area (TPSA) is 200 Å². The van der Waals surface area contributed by atoms with Gasteiger partial charge in [-0.2, -0.15) is 0 Å². The summed E-state index contributed by atoms with van der Waals surface area (Å²) in [4.78, 5) is 26.2. The molecular weight excluding hydrogens is 948 g/mol. The number of aromatic nitrogens is 8. The molecule has 15 nitrogen and oxygen atoms in total. The quantitative estimate of drug-likeness (QED) is 0.112. The van der Waals surface area contributed by atoms with Crippen LogP contribution in [0.15, 0.2) is 122 Å². The van der Waals surface area contributed by atoms with Gasteiger partial charge in [0.05, 0.1) is 79.1 Å². The molecule has 0 aliphatic carbocycles. The van der Waals surface area contributed by atoms with Crippen LogP contribution in [0.4, 0.5) is 14.5 Å². The summed E-state index contributed by atoms with van der Waals surface area (Å²) in [5.74, 6) is -0.196. The van der Waals surface area contributed by atoms with E-state index in [2.05, 4.69) is 40.6 Å². The molecule has 10 rings (SSSR count). The van der Waals surface area contributed by atoms with Gasteiger partial charge in [-0.1, -0.05) is 18.2 Å². The maximum atomic E-state index is 15.3. The van der Waals surface area contributed by atoms with Gasteiger partial charge in [-0.3, -0.25) is 19.9 Å². The zero-order valence-corrected chi connectivity index (χ0v) is 40.2. The molecule has 0 spiro atoms. The lowest BCUT2D eigenvalue weighted by atomic mass is 9.99. The summed E-state index contributed by atoms with van der Waals surface area (Å²) < 4.78 is 87.5. The van der Waals surface area contributed by atoms with Crippen molar-refractivity contribution >= 4 is 79.1 Å². The Hall–Kier alpha value is -7.61. The summed E-state index contributed by atoms with van der Waals surface area (Å²) in [6.07, 6.45) is 14.9. The Balaban J connectivity index is 0.000000171. The molecule has 352 valence electrons. The number of nitrogen functional groups attached to an aromatic ring is 1. The second-order valence-electron chi connectivity index (χ2n) is 15.9. The monoisotopic (exact) mass is 989 g/mol. The zero-order valence-electron chi connectivity index (χ0n) is 37.8. The number of nitrogens with zero attached hydrogens (tertiary/aromatic N) is 8. The van der Waals surface area contributed by atoms with Gasteiger partial charge >= 0.3 is 0 Å². The first-order valence-corrected chi connectivity index (χ1v) is 25.5. The lowest BCUT2D eigenvalue weighted by molar-refractivity contribution is 0.411. The van der Waals surface area contributed by atoms with Crippen molar-refractivity contribution < 1.29 is 35.1 Å². The van der Waals surface area contributed by atoms with Crippen LogP contribution in [0, 0.1) is 11.6 Å². The summed E-state index contributed by atoms with van der Waals surface area (Å²) >= 11 is 0. The van der Waals surface area contributed by atoms with Gasteiger partial charge in [-0.25, -0.2) is 35.6 Å². The van der Waals surface area contributed by atoms with Gasteiger partial charge in [-0.05, 0) is 65.7 Å². The van der Waals surface area contributed by atoms with Crippen molar-refractivity contribution in [2.75, 3.05) is 32.5 Å². The molecular formula is C49H42ClF2N9O6S2. The van der Waals surface area contributed by atoms with Crippen LogP contribution in [0.1, 0.15) is 5.56 Å². The van der Waals surface area contributed by atoms with E-state index in [1.54, 1.807) is 73.6 Å². The third kappa shape index (κ3) is 10.0. The highest BCUT2D eigenvalue weighted by Crippen LogP contribution is 2.41. The standard InChI is InChI=1S/C25H21FN4O3S.C23H18FN5O.CH3ClO2S/c1-30-21-13-28-20(16-5-4-8-27-11-16)10-18(21)24-23(19(26)12-29-25(24)30)15-6-7-17(14-34(3,31)32)22(9-15)33-2;1-29-19-12-27-18(14-4-3-7-26-10-14)9-15(19)22-21(16(24)11-28-23(22)29)13-5-6-17(25)20(8-13)30-2;1-5(2,3)4/h4-13H,14H2,1-3H3;3-12H,25H2,1-2H3;1H3. The number of methoxy groups -OCH3 is 2. The number of fused-ring (bicyclic) bond motifs is 6. The molecule has 0 bridgehead atoms. The first kappa shape index (κ1) is 47.9. The average Bonchev–Trinajstić information content (AvgIpc) is 3.77. The minimum Gasteiger partial charge on any atom is -0.496 e. The smallest absolute Gasteiger partial charge is 0.229 e. The van der Waals surface area contributed by atoms with Crippen molar-refractivity contribution in [3.05, 3.63) is 140 Å². The van der Waals surface area contributed by atoms with Crippen molar-refractivity contribution in [1.29, 1.82) is 0 Å². The summed E-state index contributed by atoms with van der Waals surface area (Å²) in [5, 5.41) is 3.02. The van der Waals surface area contributed by atoms with Crippen LogP contribution in [0.2, 0.25) is 0 Å². The molecule has 0 saturated heterocycles. The number of ether oxygens (including phenoxy) is 2. The third-order valence-corrected chi connectivity index (χ3v) is 12.0. The van der Waals surface area contributed by atoms with Gasteiger partial charge in [0, 0.05) is 105 Å². The highest BCUT2D eigenvalue weighted by atomic mass is 35.7. The van der Waals surface area contributed by atoms with Crippen LogP contribution in [-0.2, 0) is 38.7 Å². The minimum atomic E-state index is -3.27. The number of aryl methyl sites for hydroxylation is 2. The van der Waals surface area contributed by atoms with Gasteiger partial charge < -0.3 is 24.3 Å². The zero-order chi connectivity index (χ0) is 49.4. The van der Waals surface area contributed by atoms with Gasteiger partial charge in [0.25, 0.3) is 0 Å². The summed E-state index contributed by atoms with van der Waals surface area (Å²) in [5.41, 5.74) is 15.2. The van der Waals surface area contributed by atoms with Crippen LogP contribution < -0.4 is 15.2 Å². The highest BCUT2D eigenvalue weighted by Gasteiger charge is 2.23. The van der Waals surface area contributed by atoms with E-state index in [1.807, 2.05) is 59.6 Å². The first-order valence-electron chi connectivity index (χ1n) is 20.7. The van der Waals surface area contributed by atoms with Gasteiger partial charge in [0.2, 0.25) is 9.05 Å². The molecule has 0 saturated carbocycles. The maximum Gasteiger partial charge on any atom is 0.229 e. The van der Waals surface area contributed by atoms with E-state index >= 15 is 8.78 Å². The summed E-state index contributed by atoms with van der Waals surface area (Å²) in [7, 11) is 4.81. The number of anilines is 1. The predicted octanol–water partition coefficient (Wildman–Crippen LogP) is 9.31. The molecule has 8 aromatic heterocycles. The highest BCUT2D eigenvalue weighted by molar-refractivity contribution is 8.13. The molecule has 0 fully saturated rings. The third-order valence-electron chi connectivity index (χ3n) is 11.1. The Labute approximate surface area is 399 Å². The van der Waals surface area contributed by atoms with Gasteiger partial charge in [0.15, 0.2) is 9.84 Å². The number of pyridine rings is 6. The molecule has 2 aromatic carbocycles. The van der Waals surface area contributed by atoms with Crippen LogP contribution in [0.5, 0.6) is 11.5 Å². The van der Waals surface area contributed by atoms with Crippen molar-refractivity contribution in [1.82, 2.24) is 39.0 Å². The molecule has 0 aliphatic rings. The van der Waals surface area contributed by atoms with Gasteiger partial charge in [0.1, 0.15) is 34.4 Å². The number of hydrogen-bond donors (Lipinski definition) is 1. The van der Waals surface area contributed by atoms with E-state index in [9.17, 15) is 16.8 Å². The maximum absolute atomic E-state index is 15.3. The number of hydrogen-bond acceptors (Lipinski definition) is 13. The van der Waals surface area contributed by atoms with Gasteiger partial charge in [-0.15, -0.1) is 0 Å². The van der Waals surface area contributed by atoms with Crippen LogP contribution >= 0.6 is 10.7 Å². The molecule has 20 heteroatoms. The fourth-order valence-corrected chi connectivity index (χ4v) is 8.92. The Morgan fingerprint density at radius 2 is 1.06 bits per heavy atom. The number of benzene rings is 2. The summed E-state index contributed by atoms with van der Waals surface area (Å²) in [6, 6.07) is 21.7. The lowest BCUT2D eigenvalue weighted by Gasteiger charge is -2.12. The van der Waals surface area contributed by atoms with Crippen LogP contribution in [0.25, 0.3) is 88.6 Å². The van der Waals surface area contributed by atoms with Crippen molar-refractivity contribution in [3.8, 4) is 56.3 Å². The molecule has 0 aliphatic heterocycles. The molecule has 0 radical (unpaired) electrons. The van der Waals surface area contributed by atoms with Crippen molar-refractivity contribution in [3.63, 3.8) is 0 Å². The summed E-state index contributed by atoms with van der Waals surface area (Å²) in [6.45, 7) is 0. The van der Waals surface area contributed by atoms with Crippen molar-refractivity contribution in [2.24, 2.45) is 14.1 Å². The molecule has 0 unspecified atom stereocenters. The fraction of sp³-hybridized carbons (Fsp3) is 0.143. The molecule has 10 aromatic rings. The van der Waals surface area contributed by atoms with E-state index in [1.165, 1.54) is 26.6 Å². The lowest BCUT2D eigenvalue weighted by Crippen LogP contribution is -2.03. The van der Waals surface area contributed by atoms with E-state index in [0.717, 1.165) is 51.1 Å². The van der Waals surface area contributed by atoms with E-state index in [0.29, 0.717) is 72.8 Å². The Morgan fingerprint density at radius 3 is 1.48 bits per heavy atom. The molecule has 0 atom stereocenters. The predicted molar refractivity (Wildman–Crippen MR) is 266 cm³/mol. The normalized spacial score (nSPS) is 11.6. The van der Waals surface area contributed by atoms with E-state index in [-0.39, 0.29) is 5.75 Å². The SMILES string of the molecule is COc1cc(-c2c(F)cnc3c2c2cc(-c4cccnc4)ncc2n3C)ccc1CS(C)(=O)=O.COc1cc(-c2c(F)cnc3c2c2cc(-c4cccnc4)ncc2n3C)ccc1N.CS(=O)(=O)Cl.